The van der Waals surface area contributed by atoms with E-state index >= 15 is 0 Å². The van der Waals surface area contributed by atoms with Crippen molar-refractivity contribution in [2.45, 2.75) is 39.5 Å². The van der Waals surface area contributed by atoms with E-state index in [1.54, 1.807) is 18.2 Å². The Balaban J connectivity index is 1.70. The molecule has 0 amide bonds. The molecule has 1 N–H and O–H groups in total. The minimum absolute atomic E-state index is 0.0617. The third kappa shape index (κ3) is 8.23. The Kier molecular flexibility index (Phi) is 11.0. The van der Waals surface area contributed by atoms with E-state index in [1.807, 2.05) is 41.3 Å². The molecule has 0 aliphatic rings. The van der Waals surface area contributed by atoms with Crippen LogP contribution in [0.25, 0.3) is 30.4 Å². The Morgan fingerprint density at radius 3 is 1.84 bits per heavy atom. The SMILES string of the molecule is CCCCN(CCCC)c1c(F)cc(/C=C/c2ccc(/C=C/c3ccc(/C=C(/C#N)C(=O)O)s3)s2)cc1F. The van der Waals surface area contributed by atoms with Gasteiger partial charge in [-0.2, -0.15) is 5.26 Å². The van der Waals surface area contributed by atoms with Crippen LogP contribution in [0.4, 0.5) is 14.5 Å². The standard InChI is InChI=1S/C30H30F2N2O2S2/c1-3-5-15-34(16-6-4-2)29-27(31)17-21(18-28(29)32)7-8-23-9-10-24(37-23)11-12-25-13-14-26(38-25)19-22(20-33)30(35)36/h7-14,17-19H,3-6,15-16H2,1-2H3,(H,35,36)/b8-7+,12-11+,22-19-. The second-order valence-electron chi connectivity index (χ2n) is 8.65. The molecule has 0 aliphatic carbocycles. The van der Waals surface area contributed by atoms with Gasteiger partial charge in [-0.15, -0.1) is 22.7 Å². The van der Waals surface area contributed by atoms with Crippen LogP contribution in [0.1, 0.15) is 64.6 Å². The Labute approximate surface area is 230 Å². The number of benzene rings is 1. The molecule has 3 aromatic rings. The Hall–Kier alpha value is -3.54. The van der Waals surface area contributed by atoms with E-state index < -0.39 is 17.6 Å². The first kappa shape index (κ1) is 29.0. The number of carboxylic acid groups (broad SMARTS) is 1. The van der Waals surface area contributed by atoms with Gasteiger partial charge < -0.3 is 10.0 Å². The number of unbranched alkanes of at least 4 members (excludes halogenated alkanes) is 2. The van der Waals surface area contributed by atoms with Crippen molar-refractivity contribution in [3.05, 3.63) is 78.7 Å². The zero-order valence-corrected chi connectivity index (χ0v) is 23.0. The van der Waals surface area contributed by atoms with Gasteiger partial charge in [-0.25, -0.2) is 13.6 Å². The van der Waals surface area contributed by atoms with E-state index in [2.05, 4.69) is 13.8 Å². The molecular formula is C30H30F2N2O2S2. The maximum atomic E-state index is 15.0. The number of hydrogen-bond donors (Lipinski definition) is 1. The molecule has 3 rings (SSSR count). The molecule has 8 heteroatoms. The topological polar surface area (TPSA) is 64.3 Å². The highest BCUT2D eigenvalue weighted by atomic mass is 32.1. The van der Waals surface area contributed by atoms with Crippen LogP contribution in [0.5, 0.6) is 0 Å². The van der Waals surface area contributed by atoms with Crippen molar-refractivity contribution in [3.8, 4) is 6.07 Å². The number of nitriles is 1. The normalized spacial score (nSPS) is 11.9. The number of hydrogen-bond acceptors (Lipinski definition) is 5. The van der Waals surface area contributed by atoms with Crippen LogP contribution in [0, 0.1) is 23.0 Å². The van der Waals surface area contributed by atoms with Crippen molar-refractivity contribution < 1.29 is 18.7 Å². The molecule has 0 aliphatic heterocycles. The summed E-state index contributed by atoms with van der Waals surface area (Å²) in [5.41, 5.74) is 0.223. The summed E-state index contributed by atoms with van der Waals surface area (Å²) in [6.45, 7) is 5.41. The van der Waals surface area contributed by atoms with Crippen molar-refractivity contribution in [1.29, 1.82) is 5.26 Å². The van der Waals surface area contributed by atoms with Crippen LogP contribution < -0.4 is 4.90 Å². The predicted molar refractivity (Wildman–Crippen MR) is 156 cm³/mol. The Bertz CT molecular complexity index is 1350. The fourth-order valence-corrected chi connectivity index (χ4v) is 5.40. The molecule has 1 aromatic carbocycles. The molecule has 0 saturated heterocycles. The summed E-state index contributed by atoms with van der Waals surface area (Å²) in [6.07, 6.45) is 12.5. The average molecular weight is 553 g/mol. The second kappa shape index (κ2) is 14.4. The Morgan fingerprint density at radius 1 is 0.895 bits per heavy atom. The zero-order valence-electron chi connectivity index (χ0n) is 21.4. The average Bonchev–Trinajstić information content (AvgIpc) is 3.54. The molecule has 0 atom stereocenters. The third-order valence-corrected chi connectivity index (χ3v) is 7.72. The molecule has 0 bridgehead atoms. The lowest BCUT2D eigenvalue weighted by Gasteiger charge is -2.25. The molecule has 0 unspecified atom stereocenters. The van der Waals surface area contributed by atoms with Crippen molar-refractivity contribution in [3.63, 3.8) is 0 Å². The van der Waals surface area contributed by atoms with Crippen molar-refractivity contribution in [2.24, 2.45) is 0 Å². The van der Waals surface area contributed by atoms with E-state index in [4.69, 9.17) is 10.4 Å². The first-order chi connectivity index (χ1) is 18.3. The van der Waals surface area contributed by atoms with Crippen LogP contribution in [0.2, 0.25) is 0 Å². The molecule has 198 valence electrons. The van der Waals surface area contributed by atoms with Crippen LogP contribution in [0.15, 0.2) is 42.0 Å². The van der Waals surface area contributed by atoms with Crippen molar-refractivity contribution in [1.82, 2.24) is 0 Å². The molecule has 2 aromatic heterocycles. The van der Waals surface area contributed by atoms with Gasteiger partial charge in [0.05, 0.1) is 0 Å². The van der Waals surface area contributed by atoms with Gasteiger partial charge in [0.1, 0.15) is 29.0 Å². The molecular weight excluding hydrogens is 522 g/mol. The maximum absolute atomic E-state index is 15.0. The summed E-state index contributed by atoms with van der Waals surface area (Å²) in [6, 6.07) is 12.0. The first-order valence-electron chi connectivity index (χ1n) is 12.5. The quantitative estimate of drug-likeness (QED) is 0.170. The van der Waals surface area contributed by atoms with Gasteiger partial charge in [-0.05, 0) is 79.1 Å². The van der Waals surface area contributed by atoms with E-state index in [-0.39, 0.29) is 11.3 Å². The first-order valence-corrected chi connectivity index (χ1v) is 14.1. The highest BCUT2D eigenvalue weighted by molar-refractivity contribution is 7.14. The van der Waals surface area contributed by atoms with Crippen LogP contribution in [-0.4, -0.2) is 24.2 Å². The molecule has 0 fully saturated rings. The number of carboxylic acids is 1. The molecule has 2 heterocycles. The van der Waals surface area contributed by atoms with Gasteiger partial charge in [0, 0.05) is 32.6 Å². The lowest BCUT2D eigenvalue weighted by molar-refractivity contribution is -0.132. The number of thiophene rings is 2. The summed E-state index contributed by atoms with van der Waals surface area (Å²) in [5, 5.41) is 17.9. The predicted octanol–water partition coefficient (Wildman–Crippen LogP) is 8.83. The van der Waals surface area contributed by atoms with Crippen LogP contribution in [-0.2, 0) is 4.79 Å². The highest BCUT2D eigenvalue weighted by Gasteiger charge is 2.17. The molecule has 0 radical (unpaired) electrons. The molecule has 0 spiro atoms. The van der Waals surface area contributed by atoms with Crippen molar-refractivity contribution in [2.75, 3.05) is 18.0 Å². The van der Waals surface area contributed by atoms with E-state index in [9.17, 15) is 13.6 Å². The lowest BCUT2D eigenvalue weighted by Crippen LogP contribution is -2.27. The second-order valence-corrected chi connectivity index (χ2v) is 10.9. The number of rotatable bonds is 13. The summed E-state index contributed by atoms with van der Waals surface area (Å²) in [5.74, 6) is -2.33. The van der Waals surface area contributed by atoms with Crippen LogP contribution >= 0.6 is 22.7 Å². The maximum Gasteiger partial charge on any atom is 0.346 e. The lowest BCUT2D eigenvalue weighted by atomic mass is 10.1. The number of anilines is 1. The zero-order chi connectivity index (χ0) is 27.5. The Morgan fingerprint density at radius 2 is 1.37 bits per heavy atom. The van der Waals surface area contributed by atoms with E-state index in [1.165, 1.54) is 40.9 Å². The van der Waals surface area contributed by atoms with Gasteiger partial charge in [-0.1, -0.05) is 32.8 Å². The molecule has 0 saturated carbocycles. The largest absolute Gasteiger partial charge is 0.477 e. The fraction of sp³-hybridized carbons (Fsp3) is 0.267. The van der Waals surface area contributed by atoms with E-state index in [0.717, 1.165) is 40.3 Å². The molecule has 4 nitrogen and oxygen atoms in total. The number of nitrogens with zero attached hydrogens (tertiary/aromatic N) is 2. The summed E-state index contributed by atoms with van der Waals surface area (Å²) < 4.78 is 29.9. The van der Waals surface area contributed by atoms with Gasteiger partial charge >= 0.3 is 5.97 Å². The molecule has 38 heavy (non-hydrogen) atoms. The smallest absolute Gasteiger partial charge is 0.346 e. The number of carbonyl (C=O) groups is 1. The van der Waals surface area contributed by atoms with Crippen LogP contribution in [0.3, 0.4) is 0 Å². The number of halogens is 2. The number of aliphatic carboxylic acids is 1. The summed E-state index contributed by atoms with van der Waals surface area (Å²) in [4.78, 5) is 16.4. The minimum atomic E-state index is -1.25. The summed E-state index contributed by atoms with van der Waals surface area (Å²) in [7, 11) is 0. The highest BCUT2D eigenvalue weighted by Crippen LogP contribution is 2.28. The van der Waals surface area contributed by atoms with Gasteiger partial charge in [0.15, 0.2) is 0 Å². The monoisotopic (exact) mass is 552 g/mol. The van der Waals surface area contributed by atoms with Gasteiger partial charge in [0.25, 0.3) is 0 Å². The summed E-state index contributed by atoms with van der Waals surface area (Å²) >= 11 is 2.91. The van der Waals surface area contributed by atoms with Gasteiger partial charge in [0.2, 0.25) is 0 Å². The fourth-order valence-electron chi connectivity index (χ4n) is 3.73. The minimum Gasteiger partial charge on any atom is -0.477 e. The van der Waals surface area contributed by atoms with Crippen molar-refractivity contribution >= 4 is 64.7 Å². The third-order valence-electron chi connectivity index (χ3n) is 5.70. The van der Waals surface area contributed by atoms with Gasteiger partial charge in [-0.3, -0.25) is 0 Å². The van der Waals surface area contributed by atoms with E-state index in [0.29, 0.717) is 23.5 Å².